The van der Waals surface area contributed by atoms with Crippen molar-refractivity contribution in [2.24, 2.45) is 5.41 Å². The van der Waals surface area contributed by atoms with E-state index in [-0.39, 0.29) is 13.0 Å². The highest BCUT2D eigenvalue weighted by Gasteiger charge is 2.61. The monoisotopic (exact) mass is 340 g/mol. The van der Waals surface area contributed by atoms with Crippen LogP contribution in [-0.2, 0) is 24.7 Å². The van der Waals surface area contributed by atoms with Crippen LogP contribution in [-0.4, -0.2) is 23.5 Å². The van der Waals surface area contributed by atoms with E-state index in [9.17, 15) is 9.59 Å². The summed E-state index contributed by atoms with van der Waals surface area (Å²) in [7, 11) is 0. The van der Waals surface area contributed by atoms with Gasteiger partial charge in [0.05, 0.1) is 12.3 Å². The highest BCUT2D eigenvalue weighted by Crippen LogP contribution is 2.50. The first kappa shape index (κ1) is 17.7. The van der Waals surface area contributed by atoms with Crippen LogP contribution in [0.3, 0.4) is 0 Å². The van der Waals surface area contributed by atoms with Gasteiger partial charge in [-0.05, 0) is 20.3 Å². The molecule has 0 radical (unpaired) electrons. The zero-order valence-corrected chi connectivity index (χ0v) is 14.7. The number of nitrogens with two attached hydrogens (primary N) is 1. The van der Waals surface area contributed by atoms with Gasteiger partial charge in [-0.1, -0.05) is 26.2 Å². The maximum absolute atomic E-state index is 12.6. The van der Waals surface area contributed by atoms with Crippen LogP contribution in [0.2, 0.25) is 0 Å². The molecule has 0 unspecified atom stereocenters. The fraction of sp³-hybridized carbons (Fsp3) is 0.688. The first-order valence-corrected chi connectivity index (χ1v) is 8.88. The number of carbonyl (C=O) groups excluding carboxylic acids is 2. The number of ether oxygens (including phenoxy) is 2. The SMILES string of the molecule is CCCCC[C@@]1(C(=O)OCC)C[C@@](C)(c2csc(N)n2)OC1=O. The normalized spacial score (nSPS) is 27.0. The predicted molar refractivity (Wildman–Crippen MR) is 87.8 cm³/mol. The number of aromatic nitrogens is 1. The lowest BCUT2D eigenvalue weighted by Gasteiger charge is -2.24. The molecule has 0 spiro atoms. The average molecular weight is 340 g/mol. The number of anilines is 1. The van der Waals surface area contributed by atoms with Crippen LogP contribution >= 0.6 is 11.3 Å². The lowest BCUT2D eigenvalue weighted by molar-refractivity contribution is -0.166. The molecular weight excluding hydrogens is 316 g/mol. The van der Waals surface area contributed by atoms with E-state index in [0.717, 1.165) is 19.3 Å². The number of nitrogen functional groups attached to an aromatic ring is 1. The van der Waals surface area contributed by atoms with Crippen LogP contribution in [0.4, 0.5) is 5.13 Å². The van der Waals surface area contributed by atoms with Gasteiger partial charge in [0, 0.05) is 11.8 Å². The fourth-order valence-electron chi connectivity index (χ4n) is 3.05. The van der Waals surface area contributed by atoms with Crippen LogP contribution in [0.5, 0.6) is 0 Å². The predicted octanol–water partition coefficient (Wildman–Crippen LogP) is 3.02. The Balaban J connectivity index is 2.31. The topological polar surface area (TPSA) is 91.5 Å². The summed E-state index contributed by atoms with van der Waals surface area (Å²) in [6.45, 7) is 5.83. The van der Waals surface area contributed by atoms with Crippen molar-refractivity contribution in [1.29, 1.82) is 0 Å². The Morgan fingerprint density at radius 3 is 2.78 bits per heavy atom. The van der Waals surface area contributed by atoms with E-state index in [2.05, 4.69) is 11.9 Å². The van der Waals surface area contributed by atoms with E-state index in [1.165, 1.54) is 11.3 Å². The molecule has 7 heteroatoms. The number of unbranched alkanes of at least 4 members (excludes halogenated alkanes) is 2. The van der Waals surface area contributed by atoms with Gasteiger partial charge >= 0.3 is 11.9 Å². The zero-order valence-electron chi connectivity index (χ0n) is 13.9. The van der Waals surface area contributed by atoms with Crippen LogP contribution in [0.1, 0.15) is 58.6 Å². The van der Waals surface area contributed by atoms with Crippen molar-refractivity contribution in [3.05, 3.63) is 11.1 Å². The van der Waals surface area contributed by atoms with Crippen molar-refractivity contribution in [3.8, 4) is 0 Å². The van der Waals surface area contributed by atoms with Gasteiger partial charge in [-0.15, -0.1) is 11.3 Å². The molecule has 1 aliphatic heterocycles. The second-order valence-electron chi connectivity index (χ2n) is 6.13. The lowest BCUT2D eigenvalue weighted by Crippen LogP contribution is -2.38. The Morgan fingerprint density at radius 2 is 2.22 bits per heavy atom. The van der Waals surface area contributed by atoms with Crippen molar-refractivity contribution in [3.63, 3.8) is 0 Å². The Kier molecular flexibility index (Phi) is 5.29. The van der Waals surface area contributed by atoms with E-state index >= 15 is 0 Å². The second kappa shape index (κ2) is 6.86. The molecule has 0 aromatic carbocycles. The molecule has 0 saturated carbocycles. The molecule has 0 amide bonds. The highest BCUT2D eigenvalue weighted by molar-refractivity contribution is 7.13. The maximum atomic E-state index is 12.6. The quantitative estimate of drug-likeness (QED) is 0.466. The molecule has 1 aliphatic rings. The van der Waals surface area contributed by atoms with Crippen molar-refractivity contribution < 1.29 is 19.1 Å². The summed E-state index contributed by atoms with van der Waals surface area (Å²) < 4.78 is 10.8. The largest absolute Gasteiger partial charge is 0.465 e. The minimum Gasteiger partial charge on any atom is -0.465 e. The van der Waals surface area contributed by atoms with Gasteiger partial charge in [-0.25, -0.2) is 4.98 Å². The number of hydrogen-bond donors (Lipinski definition) is 1. The van der Waals surface area contributed by atoms with Gasteiger partial charge in [0.15, 0.2) is 16.1 Å². The minimum atomic E-state index is -1.24. The van der Waals surface area contributed by atoms with Gasteiger partial charge in [-0.3, -0.25) is 9.59 Å². The molecule has 23 heavy (non-hydrogen) atoms. The van der Waals surface area contributed by atoms with Crippen molar-refractivity contribution in [2.75, 3.05) is 12.3 Å². The fourth-order valence-corrected chi connectivity index (χ4v) is 3.74. The van der Waals surface area contributed by atoms with Crippen molar-refractivity contribution in [1.82, 2.24) is 4.98 Å². The van der Waals surface area contributed by atoms with E-state index < -0.39 is 23.0 Å². The molecular formula is C16H24N2O4S. The zero-order chi connectivity index (χ0) is 17.1. The van der Waals surface area contributed by atoms with Crippen LogP contribution in [0.15, 0.2) is 5.38 Å². The molecule has 6 nitrogen and oxygen atoms in total. The van der Waals surface area contributed by atoms with E-state index in [1.54, 1.807) is 19.2 Å². The molecule has 1 saturated heterocycles. The Morgan fingerprint density at radius 1 is 1.48 bits per heavy atom. The van der Waals surface area contributed by atoms with E-state index in [0.29, 0.717) is 17.2 Å². The molecule has 2 heterocycles. The Labute approximate surface area is 140 Å². The first-order valence-electron chi connectivity index (χ1n) is 8.00. The molecule has 1 aromatic heterocycles. The Bertz CT molecular complexity index is 588. The average Bonchev–Trinajstić information content (AvgIpc) is 3.03. The highest BCUT2D eigenvalue weighted by atomic mass is 32.1. The summed E-state index contributed by atoms with van der Waals surface area (Å²) >= 11 is 1.29. The van der Waals surface area contributed by atoms with E-state index in [4.69, 9.17) is 15.2 Å². The number of thiazole rings is 1. The molecule has 2 N–H and O–H groups in total. The summed E-state index contributed by atoms with van der Waals surface area (Å²) in [4.78, 5) is 29.4. The molecule has 1 fully saturated rings. The molecule has 0 aliphatic carbocycles. The van der Waals surface area contributed by atoms with Gasteiger partial charge < -0.3 is 15.2 Å². The summed E-state index contributed by atoms with van der Waals surface area (Å²) in [6.07, 6.45) is 3.42. The summed E-state index contributed by atoms with van der Waals surface area (Å²) in [5.74, 6) is -1.01. The van der Waals surface area contributed by atoms with E-state index in [1.807, 2.05) is 0 Å². The smallest absolute Gasteiger partial charge is 0.324 e. The molecule has 2 atom stereocenters. The van der Waals surface area contributed by atoms with Crippen molar-refractivity contribution >= 4 is 28.4 Å². The summed E-state index contributed by atoms with van der Waals surface area (Å²) in [6, 6.07) is 0. The van der Waals surface area contributed by atoms with Crippen molar-refractivity contribution in [2.45, 2.75) is 58.5 Å². The van der Waals surface area contributed by atoms with Gasteiger partial charge in [-0.2, -0.15) is 0 Å². The first-order chi connectivity index (χ1) is 10.9. The van der Waals surface area contributed by atoms with Gasteiger partial charge in [0.1, 0.15) is 0 Å². The number of cyclic esters (lactones) is 1. The second-order valence-corrected chi connectivity index (χ2v) is 7.02. The number of hydrogen-bond acceptors (Lipinski definition) is 7. The van der Waals surface area contributed by atoms with Crippen LogP contribution in [0.25, 0.3) is 0 Å². The summed E-state index contributed by atoms with van der Waals surface area (Å²) in [5, 5.41) is 2.19. The van der Waals surface area contributed by atoms with Gasteiger partial charge in [0.2, 0.25) is 0 Å². The summed E-state index contributed by atoms with van der Waals surface area (Å²) in [5.41, 5.74) is 4.10. The number of carbonyl (C=O) groups is 2. The number of rotatable bonds is 7. The Hall–Kier alpha value is -1.63. The standard InChI is InChI=1S/C16H24N2O4S/c1-4-6-7-8-16(12(19)21-5-2)10-15(3,22-13(16)20)11-9-23-14(17)18-11/h9H,4-8,10H2,1-3H3,(H2,17,18)/t15-,16-/m0/s1. The maximum Gasteiger partial charge on any atom is 0.324 e. The molecule has 2 rings (SSSR count). The van der Waals surface area contributed by atoms with Crippen LogP contribution in [0, 0.1) is 5.41 Å². The molecule has 0 bridgehead atoms. The molecule has 1 aromatic rings. The third kappa shape index (κ3) is 3.34. The third-order valence-electron chi connectivity index (χ3n) is 4.28. The molecule has 128 valence electrons. The number of esters is 2. The van der Waals surface area contributed by atoms with Crippen LogP contribution < -0.4 is 5.73 Å². The third-order valence-corrected chi connectivity index (χ3v) is 4.96. The lowest BCUT2D eigenvalue weighted by atomic mass is 9.76. The minimum absolute atomic E-state index is 0.238. The van der Waals surface area contributed by atoms with Gasteiger partial charge in [0.25, 0.3) is 0 Å². The number of nitrogens with zero attached hydrogens (tertiary/aromatic N) is 1.